The van der Waals surface area contributed by atoms with Gasteiger partial charge in [-0.1, -0.05) is 78.9 Å². The van der Waals surface area contributed by atoms with Crippen LogP contribution >= 0.6 is 0 Å². The van der Waals surface area contributed by atoms with Gasteiger partial charge >= 0.3 is 0 Å². The van der Waals surface area contributed by atoms with Crippen LogP contribution in [0.5, 0.6) is 5.75 Å². The highest BCUT2D eigenvalue weighted by Crippen LogP contribution is 2.10. The highest BCUT2D eigenvalue weighted by Gasteiger charge is 2.13. The van der Waals surface area contributed by atoms with Crippen molar-refractivity contribution in [2.45, 2.75) is 6.42 Å². The number of hydrogen-bond donors (Lipinski definition) is 1. The van der Waals surface area contributed by atoms with E-state index in [1.165, 1.54) is 0 Å². The van der Waals surface area contributed by atoms with Gasteiger partial charge in [0.05, 0.1) is 12.1 Å². The number of para-hydroxylation sites is 1. The Balaban J connectivity index is 1.68. The molecular formula is C23H20N2O3. The smallest absolute Gasteiger partial charge is 0.277 e. The summed E-state index contributed by atoms with van der Waals surface area (Å²) in [6.07, 6.45) is 0.0772. The van der Waals surface area contributed by atoms with Crippen molar-refractivity contribution in [3.05, 3.63) is 102 Å². The molecular weight excluding hydrogens is 352 g/mol. The fourth-order valence-corrected chi connectivity index (χ4v) is 2.54. The normalized spacial score (nSPS) is 10.9. The number of ketones is 1. The number of nitrogens with one attached hydrogen (secondary N) is 1. The summed E-state index contributed by atoms with van der Waals surface area (Å²) in [4.78, 5) is 24.6. The number of carbonyl (C=O) groups is 2. The van der Waals surface area contributed by atoms with Gasteiger partial charge in [-0.25, -0.2) is 5.43 Å². The minimum Gasteiger partial charge on any atom is -0.484 e. The van der Waals surface area contributed by atoms with Crippen molar-refractivity contribution in [2.24, 2.45) is 5.10 Å². The van der Waals surface area contributed by atoms with E-state index in [9.17, 15) is 9.59 Å². The number of nitrogens with zero attached hydrogens (tertiary/aromatic N) is 1. The molecule has 1 amide bonds. The van der Waals surface area contributed by atoms with Crippen LogP contribution in [0.25, 0.3) is 0 Å². The first-order valence-corrected chi connectivity index (χ1v) is 8.89. The lowest BCUT2D eigenvalue weighted by Crippen LogP contribution is -2.26. The molecule has 0 heterocycles. The molecule has 0 unspecified atom stereocenters. The molecule has 0 saturated heterocycles. The molecule has 3 rings (SSSR count). The summed E-state index contributed by atoms with van der Waals surface area (Å²) in [5.41, 5.74) is 4.34. The summed E-state index contributed by atoms with van der Waals surface area (Å²) < 4.78 is 5.41. The molecule has 0 saturated carbocycles. The molecule has 0 bridgehead atoms. The largest absolute Gasteiger partial charge is 0.484 e. The van der Waals surface area contributed by atoms with Crippen molar-refractivity contribution < 1.29 is 14.3 Å². The van der Waals surface area contributed by atoms with E-state index in [2.05, 4.69) is 10.5 Å². The molecule has 5 heteroatoms. The molecule has 0 aliphatic carbocycles. The molecule has 140 valence electrons. The summed E-state index contributed by atoms with van der Waals surface area (Å²) in [5, 5.41) is 4.19. The summed E-state index contributed by atoms with van der Waals surface area (Å²) in [6.45, 7) is -0.164. The third-order valence-corrected chi connectivity index (χ3v) is 3.96. The number of Topliss-reactive ketones (excluding diaryl/α,β-unsaturated/α-hetero) is 1. The maximum Gasteiger partial charge on any atom is 0.277 e. The lowest BCUT2D eigenvalue weighted by atomic mass is 10.0. The monoisotopic (exact) mass is 372 g/mol. The van der Waals surface area contributed by atoms with Crippen molar-refractivity contribution in [1.29, 1.82) is 0 Å². The molecule has 0 radical (unpaired) electrons. The van der Waals surface area contributed by atoms with Crippen LogP contribution in [0.4, 0.5) is 0 Å². The second-order valence-corrected chi connectivity index (χ2v) is 6.03. The van der Waals surface area contributed by atoms with Gasteiger partial charge in [0, 0.05) is 5.56 Å². The average molecular weight is 372 g/mol. The fraction of sp³-hybridized carbons (Fsp3) is 0.0870. The molecule has 0 aromatic heterocycles. The Morgan fingerprint density at radius 2 is 1.29 bits per heavy atom. The molecule has 0 aliphatic rings. The Bertz CT molecular complexity index is 939. The molecule has 0 spiro atoms. The van der Waals surface area contributed by atoms with Crippen LogP contribution in [-0.4, -0.2) is 24.0 Å². The molecule has 3 aromatic carbocycles. The fourth-order valence-electron chi connectivity index (χ4n) is 2.54. The van der Waals surface area contributed by atoms with E-state index in [0.717, 1.165) is 5.56 Å². The highest BCUT2D eigenvalue weighted by molar-refractivity contribution is 6.15. The third kappa shape index (κ3) is 5.64. The summed E-state index contributed by atoms with van der Waals surface area (Å²) >= 11 is 0. The number of hydrogen-bond acceptors (Lipinski definition) is 4. The Labute approximate surface area is 163 Å². The Kier molecular flexibility index (Phi) is 6.68. The van der Waals surface area contributed by atoms with Gasteiger partial charge in [0.25, 0.3) is 5.91 Å². The Hall–Kier alpha value is -3.73. The summed E-state index contributed by atoms with van der Waals surface area (Å²) in [6, 6.07) is 27.4. The van der Waals surface area contributed by atoms with E-state index in [1.54, 1.807) is 24.3 Å². The minimum absolute atomic E-state index is 0.0713. The first kappa shape index (κ1) is 19.0. The van der Waals surface area contributed by atoms with Crippen LogP contribution in [0.2, 0.25) is 0 Å². The number of hydrazone groups is 1. The van der Waals surface area contributed by atoms with Gasteiger partial charge in [-0.05, 0) is 17.7 Å². The summed E-state index contributed by atoms with van der Waals surface area (Å²) in [5.74, 6) is 0.131. The molecule has 5 nitrogen and oxygen atoms in total. The quantitative estimate of drug-likeness (QED) is 0.371. The Morgan fingerprint density at radius 3 is 1.89 bits per heavy atom. The Morgan fingerprint density at radius 1 is 0.750 bits per heavy atom. The second-order valence-electron chi connectivity index (χ2n) is 6.03. The van der Waals surface area contributed by atoms with Crippen LogP contribution in [0, 0.1) is 0 Å². The lowest BCUT2D eigenvalue weighted by Gasteiger charge is -2.08. The first-order chi connectivity index (χ1) is 13.7. The average Bonchev–Trinajstić information content (AvgIpc) is 2.77. The van der Waals surface area contributed by atoms with Crippen molar-refractivity contribution in [3.63, 3.8) is 0 Å². The van der Waals surface area contributed by atoms with Crippen LogP contribution in [0.15, 0.2) is 96.1 Å². The van der Waals surface area contributed by atoms with E-state index in [-0.39, 0.29) is 18.8 Å². The zero-order chi connectivity index (χ0) is 19.6. The van der Waals surface area contributed by atoms with E-state index >= 15 is 0 Å². The third-order valence-electron chi connectivity index (χ3n) is 3.96. The predicted octanol–water partition coefficient (Wildman–Crippen LogP) is 3.86. The SMILES string of the molecule is O=C(COc1ccccc1)NN=C(CC(=O)c1ccccc1)c1ccccc1. The predicted molar refractivity (Wildman–Crippen MR) is 108 cm³/mol. The van der Waals surface area contributed by atoms with Gasteiger partial charge < -0.3 is 4.74 Å². The van der Waals surface area contributed by atoms with Crippen molar-refractivity contribution in [1.82, 2.24) is 5.43 Å². The van der Waals surface area contributed by atoms with Gasteiger partial charge in [-0.2, -0.15) is 5.10 Å². The molecule has 0 fully saturated rings. The van der Waals surface area contributed by atoms with E-state index < -0.39 is 5.91 Å². The maximum absolute atomic E-state index is 12.6. The molecule has 1 N–H and O–H groups in total. The first-order valence-electron chi connectivity index (χ1n) is 8.89. The molecule has 28 heavy (non-hydrogen) atoms. The molecule has 0 aliphatic heterocycles. The lowest BCUT2D eigenvalue weighted by molar-refractivity contribution is -0.123. The van der Waals surface area contributed by atoms with Gasteiger partial charge in [0.15, 0.2) is 12.4 Å². The van der Waals surface area contributed by atoms with E-state index in [0.29, 0.717) is 17.0 Å². The van der Waals surface area contributed by atoms with Crippen molar-refractivity contribution in [2.75, 3.05) is 6.61 Å². The van der Waals surface area contributed by atoms with Crippen LogP contribution in [0.1, 0.15) is 22.3 Å². The zero-order valence-corrected chi connectivity index (χ0v) is 15.2. The van der Waals surface area contributed by atoms with Crippen LogP contribution in [-0.2, 0) is 4.79 Å². The number of carbonyl (C=O) groups excluding carboxylic acids is 2. The molecule has 3 aromatic rings. The second kappa shape index (κ2) is 9.83. The standard InChI is InChI=1S/C23H20N2O3/c26-22(19-12-6-2-7-13-19)16-21(18-10-4-1-5-11-18)24-25-23(27)17-28-20-14-8-3-9-15-20/h1-15H,16-17H2,(H,25,27). The molecule has 0 atom stereocenters. The van der Waals surface area contributed by atoms with E-state index in [4.69, 9.17) is 4.74 Å². The van der Waals surface area contributed by atoms with Gasteiger partial charge in [-0.3, -0.25) is 9.59 Å². The number of benzene rings is 3. The van der Waals surface area contributed by atoms with Gasteiger partial charge in [0.1, 0.15) is 5.75 Å². The van der Waals surface area contributed by atoms with E-state index in [1.807, 2.05) is 66.7 Å². The minimum atomic E-state index is -0.399. The number of ether oxygens (including phenoxy) is 1. The number of amides is 1. The van der Waals surface area contributed by atoms with Gasteiger partial charge in [-0.15, -0.1) is 0 Å². The summed E-state index contributed by atoms with van der Waals surface area (Å²) in [7, 11) is 0. The van der Waals surface area contributed by atoms with Crippen molar-refractivity contribution >= 4 is 17.4 Å². The van der Waals surface area contributed by atoms with Crippen LogP contribution < -0.4 is 10.2 Å². The van der Waals surface area contributed by atoms with Crippen LogP contribution in [0.3, 0.4) is 0 Å². The topological polar surface area (TPSA) is 67.8 Å². The van der Waals surface area contributed by atoms with Gasteiger partial charge in [0.2, 0.25) is 0 Å². The maximum atomic E-state index is 12.6. The highest BCUT2D eigenvalue weighted by atomic mass is 16.5. The van der Waals surface area contributed by atoms with Crippen molar-refractivity contribution in [3.8, 4) is 5.75 Å². The zero-order valence-electron chi connectivity index (χ0n) is 15.2. The number of rotatable bonds is 8.